The van der Waals surface area contributed by atoms with Crippen molar-refractivity contribution in [2.24, 2.45) is 5.92 Å². The molecule has 6 nitrogen and oxygen atoms in total. The van der Waals surface area contributed by atoms with Crippen LogP contribution in [-0.4, -0.2) is 40.6 Å². The maximum absolute atomic E-state index is 12.3. The van der Waals surface area contributed by atoms with Crippen molar-refractivity contribution in [3.63, 3.8) is 0 Å². The number of aryl methyl sites for hydroxylation is 1. The summed E-state index contributed by atoms with van der Waals surface area (Å²) in [7, 11) is 0. The number of likely N-dealkylation sites (tertiary alicyclic amines) is 1. The van der Waals surface area contributed by atoms with Gasteiger partial charge in [-0.15, -0.1) is 0 Å². The molecule has 0 spiro atoms. The number of nitrogens with one attached hydrogen (secondary N) is 1. The summed E-state index contributed by atoms with van der Waals surface area (Å²) >= 11 is 0. The topological polar surface area (TPSA) is 67.4 Å². The highest BCUT2D eigenvalue weighted by molar-refractivity contribution is 5.74. The molecule has 6 heteroatoms. The quantitative estimate of drug-likeness (QED) is 0.877. The first-order valence-electron chi connectivity index (χ1n) is 8.63. The predicted octanol–water partition coefficient (Wildman–Crippen LogP) is 2.53. The van der Waals surface area contributed by atoms with Gasteiger partial charge in [0.25, 0.3) is 0 Å². The summed E-state index contributed by atoms with van der Waals surface area (Å²) in [6, 6.07) is 11.9. The summed E-state index contributed by atoms with van der Waals surface area (Å²) < 4.78 is 5.80. The zero-order valence-electron chi connectivity index (χ0n) is 14.5. The molecule has 0 saturated carbocycles. The molecule has 25 heavy (non-hydrogen) atoms. The van der Waals surface area contributed by atoms with E-state index in [1.807, 2.05) is 36.1 Å². The fourth-order valence-corrected chi connectivity index (χ4v) is 2.95. The Morgan fingerprint density at radius 1 is 1.32 bits per heavy atom. The number of hydrogen-bond acceptors (Lipinski definition) is 4. The molecule has 0 radical (unpaired) electrons. The molecule has 3 rings (SSSR count). The van der Waals surface area contributed by atoms with Gasteiger partial charge in [0.15, 0.2) is 0 Å². The number of hydrogen-bond donors (Lipinski definition) is 1. The number of aromatic nitrogens is 2. The van der Waals surface area contributed by atoms with Crippen LogP contribution in [0.5, 0.6) is 0 Å². The Hall–Kier alpha value is -2.47. The Morgan fingerprint density at radius 2 is 2.16 bits per heavy atom. The van der Waals surface area contributed by atoms with Gasteiger partial charge in [-0.3, -0.25) is 0 Å². The van der Waals surface area contributed by atoms with Crippen molar-refractivity contribution >= 4 is 6.03 Å². The Bertz CT molecular complexity index is 693. The summed E-state index contributed by atoms with van der Waals surface area (Å²) in [4.78, 5) is 22.5. The van der Waals surface area contributed by atoms with Crippen molar-refractivity contribution in [3.05, 3.63) is 59.7 Å². The average Bonchev–Trinajstić information content (AvgIpc) is 3.10. The SMILES string of the molecule is Cc1nccc(CNC(=O)N2CC[C@H](COCc3ccccc3)C2)n1. The van der Waals surface area contributed by atoms with E-state index in [0.29, 0.717) is 31.5 Å². The molecule has 132 valence electrons. The Balaban J connectivity index is 1.37. The second-order valence-corrected chi connectivity index (χ2v) is 6.36. The second-order valence-electron chi connectivity index (χ2n) is 6.36. The van der Waals surface area contributed by atoms with E-state index in [2.05, 4.69) is 27.4 Å². The monoisotopic (exact) mass is 340 g/mol. The largest absolute Gasteiger partial charge is 0.376 e. The highest BCUT2D eigenvalue weighted by Crippen LogP contribution is 2.17. The van der Waals surface area contributed by atoms with E-state index in [1.165, 1.54) is 5.56 Å². The third-order valence-corrected chi connectivity index (χ3v) is 4.29. The summed E-state index contributed by atoms with van der Waals surface area (Å²) in [5, 5.41) is 2.93. The molecule has 1 aliphatic heterocycles. The number of ether oxygens (including phenoxy) is 1. The Morgan fingerprint density at radius 3 is 2.96 bits per heavy atom. The zero-order valence-corrected chi connectivity index (χ0v) is 14.5. The fraction of sp³-hybridized carbons (Fsp3) is 0.421. The zero-order chi connectivity index (χ0) is 17.5. The lowest BCUT2D eigenvalue weighted by molar-refractivity contribution is 0.0897. The van der Waals surface area contributed by atoms with Crippen LogP contribution in [0.2, 0.25) is 0 Å². The van der Waals surface area contributed by atoms with E-state index in [-0.39, 0.29) is 6.03 Å². The lowest BCUT2D eigenvalue weighted by Crippen LogP contribution is -2.38. The molecular weight excluding hydrogens is 316 g/mol. The molecule has 1 atom stereocenters. The van der Waals surface area contributed by atoms with Crippen LogP contribution in [-0.2, 0) is 17.9 Å². The molecule has 1 aromatic carbocycles. The number of rotatable bonds is 6. The smallest absolute Gasteiger partial charge is 0.317 e. The Labute approximate surface area is 148 Å². The summed E-state index contributed by atoms with van der Waals surface area (Å²) in [6.45, 7) is 5.08. The van der Waals surface area contributed by atoms with Crippen LogP contribution in [0.15, 0.2) is 42.6 Å². The molecule has 0 bridgehead atoms. The van der Waals surface area contributed by atoms with E-state index in [4.69, 9.17) is 4.74 Å². The van der Waals surface area contributed by atoms with Crippen LogP contribution < -0.4 is 5.32 Å². The van der Waals surface area contributed by atoms with Gasteiger partial charge in [0, 0.05) is 25.2 Å². The molecule has 1 saturated heterocycles. The van der Waals surface area contributed by atoms with Crippen LogP contribution in [0.4, 0.5) is 4.79 Å². The highest BCUT2D eigenvalue weighted by Gasteiger charge is 2.26. The van der Waals surface area contributed by atoms with Crippen molar-refractivity contribution in [1.29, 1.82) is 0 Å². The van der Waals surface area contributed by atoms with Crippen LogP contribution in [0, 0.1) is 12.8 Å². The molecule has 0 aliphatic carbocycles. The highest BCUT2D eigenvalue weighted by atomic mass is 16.5. The van der Waals surface area contributed by atoms with Gasteiger partial charge in [0.1, 0.15) is 5.82 Å². The van der Waals surface area contributed by atoms with Gasteiger partial charge in [-0.2, -0.15) is 0 Å². The van der Waals surface area contributed by atoms with Gasteiger partial charge in [-0.1, -0.05) is 30.3 Å². The van der Waals surface area contributed by atoms with Crippen molar-refractivity contribution in [2.45, 2.75) is 26.5 Å². The molecule has 1 aliphatic rings. The molecule has 1 fully saturated rings. The summed E-state index contributed by atoms with van der Waals surface area (Å²) in [5.74, 6) is 1.11. The maximum atomic E-state index is 12.3. The van der Waals surface area contributed by atoms with Gasteiger partial charge in [-0.05, 0) is 25.0 Å². The normalized spacial score (nSPS) is 16.8. The minimum atomic E-state index is -0.0400. The van der Waals surface area contributed by atoms with Crippen LogP contribution in [0.3, 0.4) is 0 Å². The Kier molecular flexibility index (Phi) is 5.95. The fourth-order valence-electron chi connectivity index (χ4n) is 2.95. The van der Waals surface area contributed by atoms with Gasteiger partial charge < -0.3 is 15.0 Å². The average molecular weight is 340 g/mol. The summed E-state index contributed by atoms with van der Waals surface area (Å²) in [5.41, 5.74) is 2.00. The van der Waals surface area contributed by atoms with Crippen LogP contribution in [0.25, 0.3) is 0 Å². The van der Waals surface area contributed by atoms with E-state index >= 15 is 0 Å². The van der Waals surface area contributed by atoms with Gasteiger partial charge in [0.05, 0.1) is 25.5 Å². The van der Waals surface area contributed by atoms with E-state index in [0.717, 1.165) is 25.2 Å². The van der Waals surface area contributed by atoms with Gasteiger partial charge in [0.2, 0.25) is 0 Å². The van der Waals surface area contributed by atoms with Crippen molar-refractivity contribution in [3.8, 4) is 0 Å². The van der Waals surface area contributed by atoms with E-state index < -0.39 is 0 Å². The van der Waals surface area contributed by atoms with Gasteiger partial charge in [-0.25, -0.2) is 14.8 Å². The standard InChI is InChI=1S/C19H24N4O2/c1-15-20-9-7-18(22-15)11-21-19(24)23-10-8-17(12-23)14-25-13-16-5-3-2-4-6-16/h2-7,9,17H,8,10-14H2,1H3,(H,21,24)/t17-/m0/s1. The van der Waals surface area contributed by atoms with Crippen molar-refractivity contribution in [1.82, 2.24) is 20.2 Å². The minimum absolute atomic E-state index is 0.0400. The van der Waals surface area contributed by atoms with Gasteiger partial charge >= 0.3 is 6.03 Å². The van der Waals surface area contributed by atoms with Crippen molar-refractivity contribution < 1.29 is 9.53 Å². The minimum Gasteiger partial charge on any atom is -0.376 e. The number of carbonyl (C=O) groups is 1. The van der Waals surface area contributed by atoms with E-state index in [1.54, 1.807) is 6.20 Å². The molecule has 1 aromatic heterocycles. The number of urea groups is 1. The molecular formula is C19H24N4O2. The molecule has 1 N–H and O–H groups in total. The third-order valence-electron chi connectivity index (χ3n) is 4.29. The lowest BCUT2D eigenvalue weighted by Gasteiger charge is -2.17. The van der Waals surface area contributed by atoms with E-state index in [9.17, 15) is 4.79 Å². The van der Waals surface area contributed by atoms with Crippen LogP contribution in [0.1, 0.15) is 23.5 Å². The molecule has 0 unspecified atom stereocenters. The van der Waals surface area contributed by atoms with Crippen LogP contribution >= 0.6 is 0 Å². The summed E-state index contributed by atoms with van der Waals surface area (Å²) in [6.07, 6.45) is 2.69. The number of carbonyl (C=O) groups excluding carboxylic acids is 1. The maximum Gasteiger partial charge on any atom is 0.317 e. The first-order valence-corrected chi connectivity index (χ1v) is 8.63. The predicted molar refractivity (Wildman–Crippen MR) is 94.8 cm³/mol. The first-order chi connectivity index (χ1) is 12.2. The number of benzene rings is 1. The molecule has 2 heterocycles. The number of nitrogens with zero attached hydrogens (tertiary/aromatic N) is 3. The second kappa shape index (κ2) is 8.58. The first kappa shape index (κ1) is 17.4. The lowest BCUT2D eigenvalue weighted by atomic mass is 10.1. The third kappa shape index (κ3) is 5.26. The number of amides is 2. The molecule has 2 amide bonds. The molecule has 2 aromatic rings. The van der Waals surface area contributed by atoms with Crippen molar-refractivity contribution in [2.75, 3.05) is 19.7 Å².